The van der Waals surface area contributed by atoms with Crippen LogP contribution in [0.3, 0.4) is 0 Å². The minimum absolute atomic E-state index is 0.124. The molecule has 3 aromatic rings. The van der Waals surface area contributed by atoms with E-state index >= 15 is 0 Å². The van der Waals surface area contributed by atoms with Crippen LogP contribution in [0.4, 0.5) is 0 Å². The lowest BCUT2D eigenvalue weighted by atomic mass is 10.1. The number of hydrogen-bond acceptors (Lipinski definition) is 3. The number of aryl methyl sites for hydroxylation is 1. The lowest BCUT2D eigenvalue weighted by Crippen LogP contribution is -2.09. The molecule has 0 radical (unpaired) electrons. The van der Waals surface area contributed by atoms with Crippen molar-refractivity contribution in [3.05, 3.63) is 58.4 Å². The van der Waals surface area contributed by atoms with Crippen molar-refractivity contribution in [2.24, 2.45) is 0 Å². The van der Waals surface area contributed by atoms with E-state index in [2.05, 4.69) is 9.97 Å². The molecule has 0 amide bonds. The van der Waals surface area contributed by atoms with Gasteiger partial charge in [0, 0.05) is 5.56 Å². The second-order valence-electron chi connectivity index (χ2n) is 4.66. The average Bonchev–Trinajstić information content (AvgIpc) is 2.46. The van der Waals surface area contributed by atoms with Gasteiger partial charge in [-0.25, -0.2) is 4.98 Å². The minimum Gasteiger partial charge on any atom is -0.497 e. The van der Waals surface area contributed by atoms with E-state index in [4.69, 9.17) is 4.74 Å². The number of ether oxygens (including phenoxy) is 1. The first-order valence-corrected chi connectivity index (χ1v) is 6.32. The number of benzene rings is 2. The van der Waals surface area contributed by atoms with Crippen LogP contribution in [-0.4, -0.2) is 17.1 Å². The molecule has 2 aromatic carbocycles. The van der Waals surface area contributed by atoms with Gasteiger partial charge in [0.2, 0.25) is 0 Å². The van der Waals surface area contributed by atoms with Crippen molar-refractivity contribution in [3.63, 3.8) is 0 Å². The predicted octanol–water partition coefficient (Wildman–Crippen LogP) is 2.91. The van der Waals surface area contributed by atoms with E-state index in [0.717, 1.165) is 16.9 Å². The van der Waals surface area contributed by atoms with E-state index in [0.29, 0.717) is 16.7 Å². The van der Waals surface area contributed by atoms with Crippen LogP contribution >= 0.6 is 0 Å². The van der Waals surface area contributed by atoms with Gasteiger partial charge < -0.3 is 9.72 Å². The maximum Gasteiger partial charge on any atom is 0.259 e. The Morgan fingerprint density at radius 2 is 1.85 bits per heavy atom. The molecule has 0 fully saturated rings. The van der Waals surface area contributed by atoms with Crippen molar-refractivity contribution in [1.29, 1.82) is 0 Å². The van der Waals surface area contributed by atoms with E-state index in [1.165, 1.54) is 0 Å². The SMILES string of the molecule is COc1ccc(-c2nc3cc(C)ccc3c(=O)[nH]2)cc1. The van der Waals surface area contributed by atoms with E-state index in [1.807, 2.05) is 43.3 Å². The number of H-pyrrole nitrogens is 1. The second-order valence-corrected chi connectivity index (χ2v) is 4.66. The molecular formula is C16H14N2O2. The Hall–Kier alpha value is -2.62. The van der Waals surface area contributed by atoms with Gasteiger partial charge in [0.15, 0.2) is 0 Å². The number of aromatic amines is 1. The summed E-state index contributed by atoms with van der Waals surface area (Å²) in [4.78, 5) is 19.4. The smallest absolute Gasteiger partial charge is 0.259 e. The molecule has 0 aliphatic carbocycles. The molecule has 3 rings (SSSR count). The summed E-state index contributed by atoms with van der Waals surface area (Å²) < 4.78 is 5.12. The molecule has 0 aliphatic rings. The highest BCUT2D eigenvalue weighted by Crippen LogP contribution is 2.20. The zero-order chi connectivity index (χ0) is 14.1. The maximum absolute atomic E-state index is 12.1. The average molecular weight is 266 g/mol. The van der Waals surface area contributed by atoms with E-state index in [1.54, 1.807) is 13.2 Å². The third-order valence-corrected chi connectivity index (χ3v) is 3.23. The molecule has 1 N–H and O–H groups in total. The first-order chi connectivity index (χ1) is 9.67. The summed E-state index contributed by atoms with van der Waals surface area (Å²) in [5.74, 6) is 1.34. The molecule has 0 atom stereocenters. The summed E-state index contributed by atoms with van der Waals surface area (Å²) in [6, 6.07) is 13.1. The van der Waals surface area contributed by atoms with Crippen molar-refractivity contribution in [1.82, 2.24) is 9.97 Å². The number of nitrogens with zero attached hydrogens (tertiary/aromatic N) is 1. The Morgan fingerprint density at radius 1 is 1.10 bits per heavy atom. The summed E-state index contributed by atoms with van der Waals surface area (Å²) in [7, 11) is 1.62. The molecule has 4 heteroatoms. The van der Waals surface area contributed by atoms with Crippen LogP contribution in [0.25, 0.3) is 22.3 Å². The number of methoxy groups -OCH3 is 1. The van der Waals surface area contributed by atoms with Crippen molar-refractivity contribution in [2.75, 3.05) is 7.11 Å². The molecule has 0 unspecified atom stereocenters. The van der Waals surface area contributed by atoms with Crippen LogP contribution in [0.2, 0.25) is 0 Å². The fourth-order valence-corrected chi connectivity index (χ4v) is 2.14. The zero-order valence-corrected chi connectivity index (χ0v) is 11.3. The van der Waals surface area contributed by atoms with Crippen molar-refractivity contribution >= 4 is 10.9 Å². The number of nitrogens with one attached hydrogen (secondary N) is 1. The Balaban J connectivity index is 2.18. The molecule has 100 valence electrons. The van der Waals surface area contributed by atoms with Gasteiger partial charge in [-0.1, -0.05) is 6.07 Å². The number of hydrogen-bond donors (Lipinski definition) is 1. The number of fused-ring (bicyclic) bond motifs is 1. The third kappa shape index (κ3) is 2.16. The monoisotopic (exact) mass is 266 g/mol. The highest BCUT2D eigenvalue weighted by Gasteiger charge is 2.06. The van der Waals surface area contributed by atoms with Crippen LogP contribution in [0, 0.1) is 6.92 Å². The van der Waals surface area contributed by atoms with Crippen LogP contribution < -0.4 is 10.3 Å². The molecule has 1 heterocycles. The van der Waals surface area contributed by atoms with Crippen LogP contribution in [-0.2, 0) is 0 Å². The van der Waals surface area contributed by atoms with Crippen LogP contribution in [0.1, 0.15) is 5.56 Å². The van der Waals surface area contributed by atoms with Crippen LogP contribution in [0.15, 0.2) is 47.3 Å². The molecule has 0 aliphatic heterocycles. The summed E-state index contributed by atoms with van der Waals surface area (Å²) in [5, 5.41) is 0.605. The highest BCUT2D eigenvalue weighted by atomic mass is 16.5. The number of aromatic nitrogens is 2. The Morgan fingerprint density at radius 3 is 2.55 bits per heavy atom. The second kappa shape index (κ2) is 4.81. The fraction of sp³-hybridized carbons (Fsp3) is 0.125. The predicted molar refractivity (Wildman–Crippen MR) is 79.1 cm³/mol. The van der Waals surface area contributed by atoms with Crippen molar-refractivity contribution < 1.29 is 4.74 Å². The fourth-order valence-electron chi connectivity index (χ4n) is 2.14. The van der Waals surface area contributed by atoms with Gasteiger partial charge in [-0.3, -0.25) is 4.79 Å². The summed E-state index contributed by atoms with van der Waals surface area (Å²) in [6.07, 6.45) is 0. The van der Waals surface area contributed by atoms with Gasteiger partial charge in [-0.05, 0) is 48.9 Å². The molecule has 0 bridgehead atoms. The number of rotatable bonds is 2. The normalized spacial score (nSPS) is 10.7. The highest BCUT2D eigenvalue weighted by molar-refractivity contribution is 5.80. The molecule has 4 nitrogen and oxygen atoms in total. The van der Waals surface area contributed by atoms with Gasteiger partial charge in [0.05, 0.1) is 18.0 Å². The standard InChI is InChI=1S/C16H14N2O2/c1-10-3-8-13-14(9-10)17-15(18-16(13)19)11-4-6-12(20-2)7-5-11/h3-9H,1-2H3,(H,17,18,19). The van der Waals surface area contributed by atoms with Gasteiger partial charge in [0.1, 0.15) is 11.6 Å². The van der Waals surface area contributed by atoms with Gasteiger partial charge in [-0.15, -0.1) is 0 Å². The Bertz CT molecular complexity index is 820. The van der Waals surface area contributed by atoms with Gasteiger partial charge in [0.25, 0.3) is 5.56 Å². The van der Waals surface area contributed by atoms with Gasteiger partial charge >= 0.3 is 0 Å². The van der Waals surface area contributed by atoms with Gasteiger partial charge in [-0.2, -0.15) is 0 Å². The largest absolute Gasteiger partial charge is 0.497 e. The van der Waals surface area contributed by atoms with E-state index < -0.39 is 0 Å². The van der Waals surface area contributed by atoms with Crippen molar-refractivity contribution in [2.45, 2.75) is 6.92 Å². The first kappa shape index (κ1) is 12.4. The Labute approximate surface area is 116 Å². The molecule has 0 spiro atoms. The summed E-state index contributed by atoms with van der Waals surface area (Å²) in [6.45, 7) is 1.98. The first-order valence-electron chi connectivity index (χ1n) is 6.32. The Kier molecular flexibility index (Phi) is 2.99. The summed E-state index contributed by atoms with van der Waals surface area (Å²) in [5.41, 5.74) is 2.52. The zero-order valence-electron chi connectivity index (χ0n) is 11.3. The molecular weight excluding hydrogens is 252 g/mol. The molecule has 1 aromatic heterocycles. The lowest BCUT2D eigenvalue weighted by molar-refractivity contribution is 0.415. The lowest BCUT2D eigenvalue weighted by Gasteiger charge is -2.05. The van der Waals surface area contributed by atoms with E-state index in [9.17, 15) is 4.79 Å². The quantitative estimate of drug-likeness (QED) is 0.776. The van der Waals surface area contributed by atoms with Crippen LogP contribution in [0.5, 0.6) is 5.75 Å². The topological polar surface area (TPSA) is 55.0 Å². The molecule has 20 heavy (non-hydrogen) atoms. The third-order valence-electron chi connectivity index (χ3n) is 3.23. The minimum atomic E-state index is -0.124. The van der Waals surface area contributed by atoms with Crippen molar-refractivity contribution in [3.8, 4) is 17.1 Å². The van der Waals surface area contributed by atoms with E-state index in [-0.39, 0.29) is 5.56 Å². The molecule has 0 saturated heterocycles. The maximum atomic E-state index is 12.1. The summed E-state index contributed by atoms with van der Waals surface area (Å²) >= 11 is 0. The molecule has 0 saturated carbocycles.